The van der Waals surface area contributed by atoms with E-state index >= 15 is 0 Å². The lowest BCUT2D eigenvalue weighted by atomic mass is 10.1. The normalized spacial score (nSPS) is 12.0. The van der Waals surface area contributed by atoms with E-state index in [-0.39, 0.29) is 5.56 Å². The van der Waals surface area contributed by atoms with Crippen LogP contribution in [0.15, 0.2) is 36.5 Å². The van der Waals surface area contributed by atoms with Gasteiger partial charge in [0, 0.05) is 6.20 Å². The van der Waals surface area contributed by atoms with Crippen molar-refractivity contribution in [2.24, 2.45) is 0 Å². The number of halogens is 3. The first kappa shape index (κ1) is 14.0. The highest BCUT2D eigenvalue weighted by Gasteiger charge is 2.16. The molecule has 0 saturated heterocycles. The zero-order valence-electron chi connectivity index (χ0n) is 10.5. The molecule has 0 saturated carbocycles. The molecule has 20 heavy (non-hydrogen) atoms. The molecule has 0 radical (unpaired) electrons. The highest BCUT2D eigenvalue weighted by Crippen LogP contribution is 2.16. The number of benzene rings is 1. The highest BCUT2D eigenvalue weighted by molar-refractivity contribution is 5.94. The van der Waals surface area contributed by atoms with Crippen LogP contribution < -0.4 is 5.32 Å². The predicted octanol–water partition coefficient (Wildman–Crippen LogP) is 2.99. The summed E-state index contributed by atoms with van der Waals surface area (Å²) in [6, 6.07) is 5.42. The molecule has 104 valence electrons. The number of carbonyl (C=O) groups is 1. The van der Waals surface area contributed by atoms with Gasteiger partial charge in [-0.15, -0.1) is 0 Å². The number of nitrogens with zero attached hydrogens (tertiary/aromatic N) is 1. The predicted molar refractivity (Wildman–Crippen MR) is 66.4 cm³/mol. The molecule has 0 spiro atoms. The van der Waals surface area contributed by atoms with E-state index in [0.717, 1.165) is 12.1 Å². The van der Waals surface area contributed by atoms with Crippen molar-refractivity contribution in [3.05, 3.63) is 65.2 Å². The van der Waals surface area contributed by atoms with Crippen molar-refractivity contribution in [1.82, 2.24) is 10.3 Å². The third-order valence-electron chi connectivity index (χ3n) is 2.79. The molecule has 6 heteroatoms. The van der Waals surface area contributed by atoms with Gasteiger partial charge < -0.3 is 5.32 Å². The lowest BCUT2D eigenvalue weighted by Gasteiger charge is -2.14. The largest absolute Gasteiger partial charge is 0.345 e. The number of pyridine rings is 1. The fourth-order valence-corrected chi connectivity index (χ4v) is 1.69. The zero-order chi connectivity index (χ0) is 14.7. The van der Waals surface area contributed by atoms with E-state index in [1.54, 1.807) is 6.92 Å². The molecule has 1 N–H and O–H groups in total. The van der Waals surface area contributed by atoms with Crippen molar-refractivity contribution in [2.45, 2.75) is 13.0 Å². The number of hydrogen-bond donors (Lipinski definition) is 1. The lowest BCUT2D eigenvalue weighted by Crippen LogP contribution is -2.27. The molecule has 1 aromatic carbocycles. The number of carbonyl (C=O) groups excluding carboxylic acids is 1. The Labute approximate surface area is 113 Å². The van der Waals surface area contributed by atoms with Crippen LogP contribution in [-0.4, -0.2) is 10.9 Å². The smallest absolute Gasteiger partial charge is 0.256 e. The Balaban J connectivity index is 2.15. The van der Waals surface area contributed by atoms with Crippen molar-refractivity contribution >= 4 is 5.91 Å². The Morgan fingerprint density at radius 3 is 2.60 bits per heavy atom. The van der Waals surface area contributed by atoms with Gasteiger partial charge in [-0.25, -0.2) is 13.8 Å². The summed E-state index contributed by atoms with van der Waals surface area (Å²) in [5.74, 6) is -3.53. The van der Waals surface area contributed by atoms with Crippen molar-refractivity contribution in [3.8, 4) is 0 Å². The molecule has 0 fully saturated rings. The van der Waals surface area contributed by atoms with Crippen LogP contribution >= 0.6 is 0 Å². The second-order valence-corrected chi connectivity index (χ2v) is 4.21. The SMILES string of the molecule is C[C@H](NC(=O)c1cccnc1F)c1ccc(F)c(F)c1. The summed E-state index contributed by atoms with van der Waals surface area (Å²) >= 11 is 0. The molecule has 2 rings (SSSR count). The first-order valence-corrected chi connectivity index (χ1v) is 5.85. The van der Waals surface area contributed by atoms with Gasteiger partial charge in [-0.3, -0.25) is 4.79 Å². The topological polar surface area (TPSA) is 42.0 Å². The number of hydrogen-bond acceptors (Lipinski definition) is 2. The molecule has 0 aliphatic heterocycles. The van der Waals surface area contributed by atoms with E-state index in [1.807, 2.05) is 0 Å². The van der Waals surface area contributed by atoms with Gasteiger partial charge in [-0.05, 0) is 36.8 Å². The molecule has 2 aromatic rings. The first-order valence-electron chi connectivity index (χ1n) is 5.85. The van der Waals surface area contributed by atoms with Crippen LogP contribution in [0.1, 0.15) is 28.9 Å². The standard InChI is InChI=1S/C14H11F3N2O/c1-8(9-4-5-11(15)12(16)7-9)19-14(20)10-3-2-6-18-13(10)17/h2-8H,1H3,(H,19,20)/t8-/m0/s1. The van der Waals surface area contributed by atoms with E-state index in [4.69, 9.17) is 0 Å². The van der Waals surface area contributed by atoms with Gasteiger partial charge in [0.15, 0.2) is 11.6 Å². The monoisotopic (exact) mass is 280 g/mol. The molecule has 0 bridgehead atoms. The number of aromatic nitrogens is 1. The Morgan fingerprint density at radius 1 is 1.20 bits per heavy atom. The summed E-state index contributed by atoms with van der Waals surface area (Å²) in [4.78, 5) is 15.2. The second-order valence-electron chi connectivity index (χ2n) is 4.21. The van der Waals surface area contributed by atoms with E-state index in [2.05, 4.69) is 10.3 Å². The molecule has 0 aliphatic rings. The van der Waals surface area contributed by atoms with E-state index < -0.39 is 29.5 Å². The van der Waals surface area contributed by atoms with Gasteiger partial charge in [0.05, 0.1) is 11.6 Å². The molecule has 0 unspecified atom stereocenters. The molecule has 0 aliphatic carbocycles. The van der Waals surface area contributed by atoms with Gasteiger partial charge in [-0.1, -0.05) is 6.07 Å². The van der Waals surface area contributed by atoms with Crippen LogP contribution in [0.25, 0.3) is 0 Å². The minimum absolute atomic E-state index is 0.207. The maximum absolute atomic E-state index is 13.3. The first-order chi connectivity index (χ1) is 9.49. The minimum Gasteiger partial charge on any atom is -0.345 e. The fourth-order valence-electron chi connectivity index (χ4n) is 1.69. The second kappa shape index (κ2) is 5.73. The van der Waals surface area contributed by atoms with E-state index in [0.29, 0.717) is 5.56 Å². The third kappa shape index (κ3) is 2.96. The molecule has 1 heterocycles. The van der Waals surface area contributed by atoms with Gasteiger partial charge in [0.2, 0.25) is 5.95 Å². The van der Waals surface area contributed by atoms with Crippen LogP contribution in [0.2, 0.25) is 0 Å². The summed E-state index contributed by atoms with van der Waals surface area (Å²) in [7, 11) is 0. The quantitative estimate of drug-likeness (QED) is 0.878. The summed E-state index contributed by atoms with van der Waals surface area (Å²) < 4.78 is 39.3. The van der Waals surface area contributed by atoms with Crippen molar-refractivity contribution in [1.29, 1.82) is 0 Å². The summed E-state index contributed by atoms with van der Waals surface area (Å²) in [6.45, 7) is 1.58. The summed E-state index contributed by atoms with van der Waals surface area (Å²) in [6.07, 6.45) is 1.23. The fraction of sp³-hybridized carbons (Fsp3) is 0.143. The van der Waals surface area contributed by atoms with Crippen LogP contribution in [0.5, 0.6) is 0 Å². The van der Waals surface area contributed by atoms with E-state index in [9.17, 15) is 18.0 Å². The Kier molecular flexibility index (Phi) is 4.02. The third-order valence-corrected chi connectivity index (χ3v) is 2.79. The maximum atomic E-state index is 13.3. The number of amides is 1. The average molecular weight is 280 g/mol. The molecular weight excluding hydrogens is 269 g/mol. The average Bonchev–Trinajstić information content (AvgIpc) is 2.42. The van der Waals surface area contributed by atoms with Crippen LogP contribution in [-0.2, 0) is 0 Å². The van der Waals surface area contributed by atoms with Gasteiger partial charge in [0.25, 0.3) is 5.91 Å². The maximum Gasteiger partial charge on any atom is 0.256 e. The lowest BCUT2D eigenvalue weighted by molar-refractivity contribution is 0.0935. The van der Waals surface area contributed by atoms with Crippen LogP contribution in [0.4, 0.5) is 13.2 Å². The summed E-state index contributed by atoms with van der Waals surface area (Å²) in [5.41, 5.74) is 0.170. The molecular formula is C14H11F3N2O. The Hall–Kier alpha value is -2.37. The van der Waals surface area contributed by atoms with Crippen molar-refractivity contribution in [2.75, 3.05) is 0 Å². The van der Waals surface area contributed by atoms with Crippen LogP contribution in [0, 0.1) is 17.6 Å². The minimum atomic E-state index is -1.00. The molecule has 1 aromatic heterocycles. The van der Waals surface area contributed by atoms with Gasteiger partial charge in [-0.2, -0.15) is 4.39 Å². The molecule has 1 amide bonds. The molecule has 3 nitrogen and oxygen atoms in total. The number of rotatable bonds is 3. The zero-order valence-corrected chi connectivity index (χ0v) is 10.5. The Bertz CT molecular complexity index is 646. The van der Waals surface area contributed by atoms with Crippen molar-refractivity contribution < 1.29 is 18.0 Å². The summed E-state index contributed by atoms with van der Waals surface area (Å²) in [5, 5.41) is 2.49. The Morgan fingerprint density at radius 2 is 1.95 bits per heavy atom. The molecule has 1 atom stereocenters. The number of nitrogens with one attached hydrogen (secondary N) is 1. The van der Waals surface area contributed by atoms with Gasteiger partial charge >= 0.3 is 0 Å². The van der Waals surface area contributed by atoms with Gasteiger partial charge in [0.1, 0.15) is 0 Å². The highest BCUT2D eigenvalue weighted by atomic mass is 19.2. The van der Waals surface area contributed by atoms with Crippen molar-refractivity contribution in [3.63, 3.8) is 0 Å². The van der Waals surface area contributed by atoms with Crippen LogP contribution in [0.3, 0.4) is 0 Å². The van der Waals surface area contributed by atoms with E-state index in [1.165, 1.54) is 24.4 Å².